The van der Waals surface area contributed by atoms with Gasteiger partial charge in [0.25, 0.3) is 0 Å². The monoisotopic (exact) mass is 388 g/mol. The van der Waals surface area contributed by atoms with Crippen LogP contribution in [0.4, 0.5) is 0 Å². The molecule has 0 radical (unpaired) electrons. The number of aryl methyl sites for hydroxylation is 3. The van der Waals surface area contributed by atoms with E-state index in [4.69, 9.17) is 9.52 Å². The number of likely N-dealkylation sites (tertiary alicyclic amines) is 1. The van der Waals surface area contributed by atoms with Crippen molar-refractivity contribution in [2.75, 3.05) is 46.4 Å². The van der Waals surface area contributed by atoms with Crippen molar-refractivity contribution >= 4 is 16.9 Å². The maximum atomic E-state index is 13.0. The summed E-state index contributed by atoms with van der Waals surface area (Å²) >= 11 is 0. The Balaban J connectivity index is 1.73. The lowest BCUT2D eigenvalue weighted by molar-refractivity contribution is -0.129. The first-order valence-corrected chi connectivity index (χ1v) is 10.0. The molecule has 6 heteroatoms. The number of aliphatic hydroxyl groups is 2. The highest BCUT2D eigenvalue weighted by molar-refractivity contribution is 5.92. The van der Waals surface area contributed by atoms with Crippen molar-refractivity contribution in [1.82, 2.24) is 9.80 Å². The zero-order valence-electron chi connectivity index (χ0n) is 17.4. The fourth-order valence-corrected chi connectivity index (χ4v) is 4.41. The van der Waals surface area contributed by atoms with Crippen molar-refractivity contribution in [3.05, 3.63) is 34.6 Å². The van der Waals surface area contributed by atoms with Crippen LogP contribution in [0.3, 0.4) is 0 Å². The van der Waals surface area contributed by atoms with E-state index in [1.807, 2.05) is 18.9 Å². The summed E-state index contributed by atoms with van der Waals surface area (Å²) in [7, 11) is 1.96. The second kappa shape index (κ2) is 8.64. The quantitative estimate of drug-likeness (QED) is 0.758. The van der Waals surface area contributed by atoms with Gasteiger partial charge in [0, 0.05) is 49.7 Å². The van der Waals surface area contributed by atoms with Crippen LogP contribution in [0.2, 0.25) is 0 Å². The Morgan fingerprint density at radius 2 is 1.93 bits per heavy atom. The van der Waals surface area contributed by atoms with Crippen LogP contribution in [0.1, 0.15) is 22.3 Å². The van der Waals surface area contributed by atoms with Crippen molar-refractivity contribution in [2.45, 2.75) is 27.2 Å². The number of likely N-dealkylation sites (N-methyl/N-ethyl adjacent to an activating group) is 1. The van der Waals surface area contributed by atoms with Crippen LogP contribution < -0.4 is 0 Å². The lowest BCUT2D eigenvalue weighted by atomic mass is 9.96. The summed E-state index contributed by atoms with van der Waals surface area (Å²) in [4.78, 5) is 16.9. The average Bonchev–Trinajstić information content (AvgIpc) is 3.24. The van der Waals surface area contributed by atoms with E-state index in [-0.39, 0.29) is 31.0 Å². The molecule has 1 saturated heterocycles. The lowest BCUT2D eigenvalue weighted by Crippen LogP contribution is -2.34. The predicted molar refractivity (Wildman–Crippen MR) is 109 cm³/mol. The third-order valence-electron chi connectivity index (χ3n) is 6.16. The fourth-order valence-electron chi connectivity index (χ4n) is 4.41. The Hall–Kier alpha value is -1.89. The molecule has 0 aliphatic carbocycles. The second-order valence-electron chi connectivity index (χ2n) is 8.26. The standard InChI is InChI=1S/C22H32N2O4/c1-14-7-15(2)21-17(13-28-22(21)16(14)3)8-20(27)24-10-18(19(11-24)12-26)9-23(4)5-6-25/h7,13,18-19,25-26H,5-6,8-12H2,1-4H3/t18-,19-/m1/s1. The zero-order chi connectivity index (χ0) is 20.4. The number of carbonyl (C=O) groups excluding carboxylic acids is 1. The SMILES string of the molecule is Cc1cc(C)c2c(CC(=O)N3C[C@@H](CN(C)CCO)[C@@H](CO)C3)coc2c1C. The highest BCUT2D eigenvalue weighted by Crippen LogP contribution is 2.31. The summed E-state index contributed by atoms with van der Waals surface area (Å²) in [5.41, 5.74) is 5.25. The number of fused-ring (bicyclic) bond motifs is 1. The molecule has 1 aromatic carbocycles. The van der Waals surface area contributed by atoms with Gasteiger partial charge in [-0.3, -0.25) is 4.79 Å². The lowest BCUT2D eigenvalue weighted by Gasteiger charge is -2.23. The van der Waals surface area contributed by atoms with Crippen LogP contribution in [-0.4, -0.2) is 72.4 Å². The van der Waals surface area contributed by atoms with E-state index in [0.29, 0.717) is 26.1 Å². The highest BCUT2D eigenvalue weighted by atomic mass is 16.3. The second-order valence-corrected chi connectivity index (χ2v) is 8.26. The molecule has 2 aromatic rings. The molecule has 1 fully saturated rings. The molecule has 3 rings (SSSR count). The topological polar surface area (TPSA) is 77.2 Å². The highest BCUT2D eigenvalue weighted by Gasteiger charge is 2.35. The van der Waals surface area contributed by atoms with E-state index < -0.39 is 0 Å². The first-order chi connectivity index (χ1) is 13.3. The zero-order valence-corrected chi connectivity index (χ0v) is 17.4. The van der Waals surface area contributed by atoms with Crippen LogP contribution in [0.25, 0.3) is 11.0 Å². The molecule has 28 heavy (non-hydrogen) atoms. The molecule has 2 heterocycles. The van der Waals surface area contributed by atoms with E-state index >= 15 is 0 Å². The van der Waals surface area contributed by atoms with Gasteiger partial charge in [0.2, 0.25) is 5.91 Å². The van der Waals surface area contributed by atoms with E-state index in [1.165, 1.54) is 5.56 Å². The average molecular weight is 389 g/mol. The van der Waals surface area contributed by atoms with E-state index in [2.05, 4.69) is 24.8 Å². The van der Waals surface area contributed by atoms with Crippen molar-refractivity contribution < 1.29 is 19.4 Å². The third-order valence-corrected chi connectivity index (χ3v) is 6.16. The first-order valence-electron chi connectivity index (χ1n) is 10.0. The molecule has 0 unspecified atom stereocenters. The summed E-state index contributed by atoms with van der Waals surface area (Å²) in [5.74, 6) is 0.377. The Morgan fingerprint density at radius 3 is 2.61 bits per heavy atom. The fraction of sp³-hybridized carbons (Fsp3) is 0.591. The van der Waals surface area contributed by atoms with Gasteiger partial charge in [-0.2, -0.15) is 0 Å². The summed E-state index contributed by atoms with van der Waals surface area (Å²) in [6.07, 6.45) is 2.03. The molecule has 2 atom stereocenters. The van der Waals surface area contributed by atoms with Gasteiger partial charge in [0.05, 0.1) is 19.3 Å². The Kier molecular flexibility index (Phi) is 6.43. The van der Waals surface area contributed by atoms with Crippen LogP contribution in [0.15, 0.2) is 16.7 Å². The van der Waals surface area contributed by atoms with Gasteiger partial charge in [-0.25, -0.2) is 0 Å². The smallest absolute Gasteiger partial charge is 0.227 e. The molecule has 2 N–H and O–H groups in total. The number of hydrogen-bond donors (Lipinski definition) is 2. The minimum atomic E-state index is 0.0751. The summed E-state index contributed by atoms with van der Waals surface area (Å²) < 4.78 is 5.81. The van der Waals surface area contributed by atoms with Crippen molar-refractivity contribution in [1.29, 1.82) is 0 Å². The molecular weight excluding hydrogens is 356 g/mol. The molecule has 0 spiro atoms. The molecule has 154 valence electrons. The van der Waals surface area contributed by atoms with Gasteiger partial charge in [-0.1, -0.05) is 6.07 Å². The van der Waals surface area contributed by atoms with E-state index in [9.17, 15) is 9.90 Å². The molecule has 0 saturated carbocycles. The molecule has 0 bridgehead atoms. The van der Waals surface area contributed by atoms with Gasteiger partial charge in [-0.15, -0.1) is 0 Å². The minimum absolute atomic E-state index is 0.0751. The number of carbonyl (C=O) groups is 1. The van der Waals surface area contributed by atoms with Gasteiger partial charge in [-0.05, 0) is 50.4 Å². The molecule has 1 aromatic heterocycles. The van der Waals surface area contributed by atoms with E-state index in [1.54, 1.807) is 6.26 Å². The minimum Gasteiger partial charge on any atom is -0.464 e. The number of amides is 1. The largest absolute Gasteiger partial charge is 0.464 e. The van der Waals surface area contributed by atoms with Gasteiger partial charge >= 0.3 is 0 Å². The Morgan fingerprint density at radius 1 is 1.21 bits per heavy atom. The molecular formula is C22H32N2O4. The Labute approximate surface area is 166 Å². The third kappa shape index (κ3) is 4.09. The summed E-state index contributed by atoms with van der Waals surface area (Å²) in [6.45, 7) is 8.96. The van der Waals surface area contributed by atoms with Crippen molar-refractivity contribution in [2.24, 2.45) is 11.8 Å². The number of nitrogens with zero attached hydrogens (tertiary/aromatic N) is 2. The van der Waals surface area contributed by atoms with Crippen LogP contribution in [-0.2, 0) is 11.2 Å². The molecule has 1 amide bonds. The number of furan rings is 1. The van der Waals surface area contributed by atoms with Gasteiger partial charge in [0.1, 0.15) is 5.58 Å². The van der Waals surface area contributed by atoms with E-state index in [0.717, 1.165) is 34.2 Å². The van der Waals surface area contributed by atoms with Crippen molar-refractivity contribution in [3.8, 4) is 0 Å². The number of aliphatic hydroxyl groups excluding tert-OH is 2. The predicted octanol–water partition coefficient (Wildman–Crippen LogP) is 1.89. The first kappa shape index (κ1) is 20.8. The van der Waals surface area contributed by atoms with Crippen LogP contribution >= 0.6 is 0 Å². The maximum absolute atomic E-state index is 13.0. The summed E-state index contributed by atoms with van der Waals surface area (Å²) in [6, 6.07) is 2.14. The summed E-state index contributed by atoms with van der Waals surface area (Å²) in [5, 5.41) is 19.9. The van der Waals surface area contributed by atoms with Gasteiger partial charge < -0.3 is 24.4 Å². The molecule has 1 aliphatic rings. The molecule has 6 nitrogen and oxygen atoms in total. The Bertz CT molecular complexity index is 845. The number of benzene rings is 1. The van der Waals surface area contributed by atoms with Crippen LogP contribution in [0, 0.1) is 32.6 Å². The number of rotatable bonds is 7. The number of hydrogen-bond acceptors (Lipinski definition) is 5. The van der Waals surface area contributed by atoms with Crippen molar-refractivity contribution in [3.63, 3.8) is 0 Å². The maximum Gasteiger partial charge on any atom is 0.227 e. The van der Waals surface area contributed by atoms with Gasteiger partial charge in [0.15, 0.2) is 0 Å². The van der Waals surface area contributed by atoms with Crippen LogP contribution in [0.5, 0.6) is 0 Å². The normalized spacial score (nSPS) is 19.9. The molecule has 1 aliphatic heterocycles.